The Morgan fingerprint density at radius 1 is 1.15 bits per heavy atom. The van der Waals surface area contributed by atoms with Gasteiger partial charge in [-0.25, -0.2) is 0 Å². The van der Waals surface area contributed by atoms with Crippen LogP contribution in [-0.2, 0) is 4.79 Å². The van der Waals surface area contributed by atoms with Crippen LogP contribution in [0.1, 0.15) is 49.4 Å². The third-order valence-corrected chi connectivity index (χ3v) is 3.60. The summed E-state index contributed by atoms with van der Waals surface area (Å²) in [5.41, 5.74) is 0.643. The van der Waals surface area contributed by atoms with Crippen LogP contribution >= 0.6 is 0 Å². The highest BCUT2D eigenvalue weighted by atomic mass is 16.5. The number of carbonyl (C=O) groups excluding carboxylic acids is 2. The molecule has 1 fully saturated rings. The maximum atomic E-state index is 11.8. The number of carbonyl (C=O) groups is 2. The lowest BCUT2D eigenvalue weighted by Crippen LogP contribution is -2.38. The minimum Gasteiger partial charge on any atom is -0.484 e. The first kappa shape index (κ1) is 14.6. The van der Waals surface area contributed by atoms with Gasteiger partial charge in [0, 0.05) is 11.6 Å². The van der Waals surface area contributed by atoms with Crippen molar-refractivity contribution < 1.29 is 14.3 Å². The van der Waals surface area contributed by atoms with Crippen molar-refractivity contribution in [3.8, 4) is 5.75 Å². The van der Waals surface area contributed by atoms with Crippen molar-refractivity contribution >= 4 is 11.7 Å². The normalized spacial score (nSPS) is 15.7. The zero-order chi connectivity index (χ0) is 14.4. The molecule has 0 aromatic heterocycles. The van der Waals surface area contributed by atoms with Crippen molar-refractivity contribution in [1.29, 1.82) is 0 Å². The summed E-state index contributed by atoms with van der Waals surface area (Å²) in [4.78, 5) is 22.9. The number of amides is 1. The summed E-state index contributed by atoms with van der Waals surface area (Å²) >= 11 is 0. The SMILES string of the molecule is CC(=O)c1ccc(OCC(=O)NC2CCCCC2)cc1. The lowest BCUT2D eigenvalue weighted by molar-refractivity contribution is -0.124. The molecule has 0 atom stereocenters. The van der Waals surface area contributed by atoms with Crippen LogP contribution in [0.4, 0.5) is 0 Å². The Bertz CT molecular complexity index is 461. The number of benzene rings is 1. The molecular weight excluding hydrogens is 254 g/mol. The van der Waals surface area contributed by atoms with E-state index in [1.807, 2.05) is 0 Å². The van der Waals surface area contributed by atoms with E-state index in [1.165, 1.54) is 26.2 Å². The topological polar surface area (TPSA) is 55.4 Å². The average molecular weight is 275 g/mol. The van der Waals surface area contributed by atoms with E-state index in [0.717, 1.165) is 12.8 Å². The maximum absolute atomic E-state index is 11.8. The van der Waals surface area contributed by atoms with Gasteiger partial charge in [0.2, 0.25) is 0 Å². The molecule has 1 aromatic rings. The molecule has 0 spiro atoms. The fraction of sp³-hybridized carbons (Fsp3) is 0.500. The van der Waals surface area contributed by atoms with Gasteiger partial charge in [-0.1, -0.05) is 19.3 Å². The zero-order valence-electron chi connectivity index (χ0n) is 11.9. The number of ether oxygens (including phenoxy) is 1. The summed E-state index contributed by atoms with van der Waals surface area (Å²) in [6, 6.07) is 7.14. The van der Waals surface area contributed by atoms with Crippen LogP contribution in [0.15, 0.2) is 24.3 Å². The fourth-order valence-corrected chi connectivity index (χ4v) is 2.45. The molecule has 0 unspecified atom stereocenters. The third-order valence-electron chi connectivity index (χ3n) is 3.60. The molecule has 4 nitrogen and oxygen atoms in total. The summed E-state index contributed by atoms with van der Waals surface area (Å²) in [5.74, 6) is 0.549. The summed E-state index contributed by atoms with van der Waals surface area (Å²) in [6.45, 7) is 1.55. The van der Waals surface area contributed by atoms with E-state index in [-0.39, 0.29) is 18.3 Å². The highest BCUT2D eigenvalue weighted by molar-refractivity contribution is 5.94. The molecular formula is C16H21NO3. The minimum absolute atomic E-state index is 0.0200. The Balaban J connectivity index is 1.76. The molecule has 1 N–H and O–H groups in total. The number of ketones is 1. The third kappa shape index (κ3) is 4.37. The van der Waals surface area contributed by atoms with E-state index in [2.05, 4.69) is 5.32 Å². The first-order chi connectivity index (χ1) is 9.65. The second-order valence-corrected chi connectivity index (χ2v) is 5.27. The predicted octanol–water partition coefficient (Wildman–Crippen LogP) is 2.72. The van der Waals surface area contributed by atoms with Gasteiger partial charge >= 0.3 is 0 Å². The lowest BCUT2D eigenvalue weighted by Gasteiger charge is -2.22. The second-order valence-electron chi connectivity index (χ2n) is 5.27. The van der Waals surface area contributed by atoms with Crippen LogP contribution in [-0.4, -0.2) is 24.3 Å². The van der Waals surface area contributed by atoms with Gasteiger partial charge in [-0.15, -0.1) is 0 Å². The fourth-order valence-electron chi connectivity index (χ4n) is 2.45. The van der Waals surface area contributed by atoms with Gasteiger partial charge in [-0.05, 0) is 44.0 Å². The molecule has 1 saturated carbocycles. The summed E-state index contributed by atoms with van der Waals surface area (Å²) in [5, 5.41) is 3.00. The van der Waals surface area contributed by atoms with E-state index in [0.29, 0.717) is 17.4 Å². The molecule has 1 amide bonds. The van der Waals surface area contributed by atoms with Gasteiger partial charge in [0.1, 0.15) is 5.75 Å². The maximum Gasteiger partial charge on any atom is 0.258 e. The summed E-state index contributed by atoms with van der Waals surface area (Å²) in [6.07, 6.45) is 5.79. The molecule has 1 aromatic carbocycles. The van der Waals surface area contributed by atoms with Gasteiger partial charge in [-0.2, -0.15) is 0 Å². The van der Waals surface area contributed by atoms with Crippen molar-refractivity contribution in [1.82, 2.24) is 5.32 Å². The molecule has 0 bridgehead atoms. The van der Waals surface area contributed by atoms with E-state index >= 15 is 0 Å². The van der Waals surface area contributed by atoms with Crippen molar-refractivity contribution in [2.75, 3.05) is 6.61 Å². The summed E-state index contributed by atoms with van der Waals surface area (Å²) in [7, 11) is 0. The molecule has 0 saturated heterocycles. The van der Waals surface area contributed by atoms with Crippen molar-refractivity contribution in [3.05, 3.63) is 29.8 Å². The van der Waals surface area contributed by atoms with Crippen LogP contribution in [0, 0.1) is 0 Å². The van der Waals surface area contributed by atoms with Gasteiger partial charge in [0.15, 0.2) is 12.4 Å². The van der Waals surface area contributed by atoms with Gasteiger partial charge < -0.3 is 10.1 Å². The van der Waals surface area contributed by atoms with Crippen LogP contribution in [0.25, 0.3) is 0 Å². The van der Waals surface area contributed by atoms with E-state index < -0.39 is 0 Å². The minimum atomic E-state index is -0.0763. The summed E-state index contributed by atoms with van der Waals surface area (Å²) < 4.78 is 5.42. The van der Waals surface area contributed by atoms with Crippen LogP contribution in [0.5, 0.6) is 5.75 Å². The standard InChI is InChI=1S/C16H21NO3/c1-12(18)13-7-9-15(10-8-13)20-11-16(19)17-14-5-3-2-4-6-14/h7-10,14H,2-6,11H2,1H3,(H,17,19). The highest BCUT2D eigenvalue weighted by Gasteiger charge is 2.15. The van der Waals surface area contributed by atoms with Crippen LogP contribution < -0.4 is 10.1 Å². The number of rotatable bonds is 5. The Morgan fingerprint density at radius 3 is 2.40 bits per heavy atom. The number of nitrogens with one attached hydrogen (secondary N) is 1. The Labute approximate surface area is 119 Å². The van der Waals surface area contributed by atoms with Gasteiger partial charge in [0.25, 0.3) is 5.91 Å². The van der Waals surface area contributed by atoms with Gasteiger partial charge in [-0.3, -0.25) is 9.59 Å². The van der Waals surface area contributed by atoms with Crippen molar-refractivity contribution in [2.24, 2.45) is 0 Å². The van der Waals surface area contributed by atoms with Crippen LogP contribution in [0.2, 0.25) is 0 Å². The average Bonchev–Trinajstić information content (AvgIpc) is 2.46. The number of hydrogen-bond donors (Lipinski definition) is 1. The number of Topliss-reactive ketones (excluding diaryl/α,β-unsaturated/α-hetero) is 1. The predicted molar refractivity (Wildman–Crippen MR) is 77.0 cm³/mol. The van der Waals surface area contributed by atoms with Gasteiger partial charge in [0.05, 0.1) is 0 Å². The smallest absolute Gasteiger partial charge is 0.258 e. The van der Waals surface area contributed by atoms with E-state index in [9.17, 15) is 9.59 Å². The zero-order valence-corrected chi connectivity index (χ0v) is 11.9. The van der Waals surface area contributed by atoms with E-state index in [4.69, 9.17) is 4.74 Å². The second kappa shape index (κ2) is 7.08. The van der Waals surface area contributed by atoms with Crippen molar-refractivity contribution in [3.63, 3.8) is 0 Å². The molecule has 0 radical (unpaired) electrons. The molecule has 2 rings (SSSR count). The van der Waals surface area contributed by atoms with Crippen molar-refractivity contribution in [2.45, 2.75) is 45.1 Å². The monoisotopic (exact) mass is 275 g/mol. The molecule has 108 valence electrons. The Kier molecular flexibility index (Phi) is 5.16. The molecule has 1 aliphatic carbocycles. The lowest BCUT2D eigenvalue weighted by atomic mass is 9.95. The first-order valence-corrected chi connectivity index (χ1v) is 7.18. The molecule has 1 aliphatic rings. The number of hydrogen-bond acceptors (Lipinski definition) is 3. The highest BCUT2D eigenvalue weighted by Crippen LogP contribution is 2.17. The molecule has 4 heteroatoms. The quantitative estimate of drug-likeness (QED) is 0.841. The first-order valence-electron chi connectivity index (χ1n) is 7.18. The van der Waals surface area contributed by atoms with E-state index in [1.54, 1.807) is 24.3 Å². The molecule has 0 aliphatic heterocycles. The largest absolute Gasteiger partial charge is 0.484 e. The van der Waals surface area contributed by atoms with Crippen LogP contribution in [0.3, 0.4) is 0 Å². The Morgan fingerprint density at radius 2 is 1.80 bits per heavy atom. The Hall–Kier alpha value is -1.84. The molecule has 20 heavy (non-hydrogen) atoms. The molecule has 0 heterocycles.